The molecule has 1 aliphatic heterocycles. The standard InChI is InChI=1S/C24H31NO5/c1-5-27-19-11-10-17(14-21(19)28-6-2)12-13-25-22(26)16-29-20-9-7-8-18-15-24(3,4)30-23(18)20/h7-11,14H,5-6,12-13,15-16H2,1-4H3,(H,25,26). The normalized spacial score (nSPS) is 13.9. The molecule has 2 aromatic rings. The van der Waals surface area contributed by atoms with Gasteiger partial charge in [0, 0.05) is 18.5 Å². The minimum Gasteiger partial charge on any atom is -0.490 e. The predicted molar refractivity (Wildman–Crippen MR) is 116 cm³/mol. The molecule has 0 unspecified atom stereocenters. The quantitative estimate of drug-likeness (QED) is 0.639. The molecular formula is C24H31NO5. The Hall–Kier alpha value is -2.89. The average Bonchev–Trinajstić information content (AvgIpc) is 3.03. The van der Waals surface area contributed by atoms with Crippen molar-refractivity contribution in [3.05, 3.63) is 47.5 Å². The molecule has 1 amide bonds. The maximum atomic E-state index is 12.2. The average molecular weight is 414 g/mol. The molecule has 0 atom stereocenters. The molecule has 1 N–H and O–H groups in total. The van der Waals surface area contributed by atoms with Crippen LogP contribution in [0.25, 0.3) is 0 Å². The number of hydrogen-bond acceptors (Lipinski definition) is 5. The molecule has 1 aliphatic rings. The van der Waals surface area contributed by atoms with Crippen LogP contribution in [0.3, 0.4) is 0 Å². The van der Waals surface area contributed by atoms with E-state index in [1.54, 1.807) is 0 Å². The van der Waals surface area contributed by atoms with E-state index in [9.17, 15) is 4.79 Å². The van der Waals surface area contributed by atoms with Crippen LogP contribution in [0.4, 0.5) is 0 Å². The third kappa shape index (κ3) is 5.59. The molecule has 0 spiro atoms. The zero-order valence-corrected chi connectivity index (χ0v) is 18.2. The molecule has 6 nitrogen and oxygen atoms in total. The topological polar surface area (TPSA) is 66.0 Å². The first-order valence-electron chi connectivity index (χ1n) is 10.5. The van der Waals surface area contributed by atoms with E-state index < -0.39 is 0 Å². The summed E-state index contributed by atoms with van der Waals surface area (Å²) in [4.78, 5) is 12.2. The highest BCUT2D eigenvalue weighted by Crippen LogP contribution is 2.41. The van der Waals surface area contributed by atoms with Crippen LogP contribution in [0.1, 0.15) is 38.8 Å². The van der Waals surface area contributed by atoms with Crippen LogP contribution in [0.5, 0.6) is 23.0 Å². The van der Waals surface area contributed by atoms with Crippen molar-refractivity contribution < 1.29 is 23.7 Å². The van der Waals surface area contributed by atoms with Crippen molar-refractivity contribution in [3.63, 3.8) is 0 Å². The molecule has 0 fully saturated rings. The number of carbonyl (C=O) groups excluding carboxylic acids is 1. The van der Waals surface area contributed by atoms with E-state index in [1.165, 1.54) is 0 Å². The van der Waals surface area contributed by atoms with Gasteiger partial charge in [0.1, 0.15) is 5.60 Å². The Bertz CT molecular complexity index is 878. The van der Waals surface area contributed by atoms with Crippen molar-refractivity contribution >= 4 is 5.91 Å². The van der Waals surface area contributed by atoms with E-state index in [-0.39, 0.29) is 18.1 Å². The van der Waals surface area contributed by atoms with Crippen molar-refractivity contribution in [1.29, 1.82) is 0 Å². The number of benzene rings is 2. The van der Waals surface area contributed by atoms with Gasteiger partial charge in [0.2, 0.25) is 0 Å². The molecule has 3 rings (SSSR count). The van der Waals surface area contributed by atoms with Crippen LogP contribution in [0.2, 0.25) is 0 Å². The summed E-state index contributed by atoms with van der Waals surface area (Å²) in [5, 5.41) is 2.90. The molecule has 1 heterocycles. The molecular weight excluding hydrogens is 382 g/mol. The molecule has 6 heteroatoms. The number of rotatable bonds is 10. The largest absolute Gasteiger partial charge is 0.490 e. The van der Waals surface area contributed by atoms with Gasteiger partial charge in [0.05, 0.1) is 13.2 Å². The fourth-order valence-corrected chi connectivity index (χ4v) is 3.49. The smallest absolute Gasteiger partial charge is 0.257 e. The van der Waals surface area contributed by atoms with E-state index in [0.29, 0.717) is 31.9 Å². The molecule has 30 heavy (non-hydrogen) atoms. The van der Waals surface area contributed by atoms with Crippen molar-refractivity contribution in [2.45, 2.75) is 46.1 Å². The molecule has 2 aromatic carbocycles. The second kappa shape index (κ2) is 9.74. The minimum atomic E-state index is -0.248. The van der Waals surface area contributed by atoms with Crippen molar-refractivity contribution in [2.75, 3.05) is 26.4 Å². The van der Waals surface area contributed by atoms with Gasteiger partial charge in [-0.3, -0.25) is 4.79 Å². The second-order valence-corrected chi connectivity index (χ2v) is 7.82. The maximum Gasteiger partial charge on any atom is 0.257 e. The number of fused-ring (bicyclic) bond motifs is 1. The summed E-state index contributed by atoms with van der Waals surface area (Å²) < 4.78 is 22.9. The number of carbonyl (C=O) groups is 1. The molecule has 162 valence electrons. The second-order valence-electron chi connectivity index (χ2n) is 7.82. The van der Waals surface area contributed by atoms with Crippen LogP contribution in [-0.4, -0.2) is 37.9 Å². The summed E-state index contributed by atoms with van der Waals surface area (Å²) in [5.41, 5.74) is 1.93. The number of nitrogens with one attached hydrogen (secondary N) is 1. The van der Waals surface area contributed by atoms with Gasteiger partial charge in [-0.05, 0) is 57.9 Å². The third-order valence-electron chi connectivity index (χ3n) is 4.76. The fourth-order valence-electron chi connectivity index (χ4n) is 3.49. The molecule has 0 bridgehead atoms. The highest BCUT2D eigenvalue weighted by atomic mass is 16.5. The Morgan fingerprint density at radius 1 is 1.03 bits per heavy atom. The molecule has 0 saturated carbocycles. The van der Waals surface area contributed by atoms with E-state index in [0.717, 1.165) is 34.8 Å². The Morgan fingerprint density at radius 3 is 2.57 bits per heavy atom. The Labute approximate surface area is 178 Å². The van der Waals surface area contributed by atoms with Crippen LogP contribution >= 0.6 is 0 Å². The minimum absolute atomic E-state index is 0.0479. The lowest BCUT2D eigenvalue weighted by atomic mass is 10.0. The zero-order valence-electron chi connectivity index (χ0n) is 18.2. The summed E-state index contributed by atoms with van der Waals surface area (Å²) in [6, 6.07) is 11.7. The highest BCUT2D eigenvalue weighted by Gasteiger charge is 2.32. The molecule has 0 aliphatic carbocycles. The number of para-hydroxylation sites is 1. The van der Waals surface area contributed by atoms with Gasteiger partial charge in [0.25, 0.3) is 5.91 Å². The van der Waals surface area contributed by atoms with Crippen LogP contribution < -0.4 is 24.3 Å². The van der Waals surface area contributed by atoms with Gasteiger partial charge in [-0.15, -0.1) is 0 Å². The van der Waals surface area contributed by atoms with Gasteiger partial charge >= 0.3 is 0 Å². The first-order chi connectivity index (χ1) is 14.4. The first kappa shape index (κ1) is 21.8. The molecule has 0 saturated heterocycles. The predicted octanol–water partition coefficient (Wildman–Crippen LogP) is 3.94. The highest BCUT2D eigenvalue weighted by molar-refractivity contribution is 5.77. The number of hydrogen-bond donors (Lipinski definition) is 1. The Morgan fingerprint density at radius 2 is 1.80 bits per heavy atom. The lowest BCUT2D eigenvalue weighted by Gasteiger charge is -2.18. The number of ether oxygens (including phenoxy) is 4. The third-order valence-corrected chi connectivity index (χ3v) is 4.76. The zero-order chi connectivity index (χ0) is 21.6. The van der Waals surface area contributed by atoms with Crippen LogP contribution in [0.15, 0.2) is 36.4 Å². The van der Waals surface area contributed by atoms with Crippen LogP contribution in [-0.2, 0) is 17.6 Å². The van der Waals surface area contributed by atoms with Gasteiger partial charge in [-0.25, -0.2) is 0 Å². The lowest BCUT2D eigenvalue weighted by Crippen LogP contribution is -2.30. The van der Waals surface area contributed by atoms with E-state index in [4.69, 9.17) is 18.9 Å². The molecule has 0 radical (unpaired) electrons. The Balaban J connectivity index is 1.48. The summed E-state index contributed by atoms with van der Waals surface area (Å²) in [6.07, 6.45) is 1.52. The van der Waals surface area contributed by atoms with Gasteiger partial charge in [0.15, 0.2) is 29.6 Å². The van der Waals surface area contributed by atoms with Crippen molar-refractivity contribution in [1.82, 2.24) is 5.32 Å². The summed E-state index contributed by atoms with van der Waals surface area (Å²) in [6.45, 7) is 9.59. The van der Waals surface area contributed by atoms with Gasteiger partial charge in [-0.2, -0.15) is 0 Å². The monoisotopic (exact) mass is 413 g/mol. The van der Waals surface area contributed by atoms with Crippen molar-refractivity contribution in [2.24, 2.45) is 0 Å². The van der Waals surface area contributed by atoms with Gasteiger partial charge < -0.3 is 24.3 Å². The Kier molecular flexibility index (Phi) is 7.08. The van der Waals surface area contributed by atoms with Crippen LogP contribution in [0, 0.1) is 0 Å². The van der Waals surface area contributed by atoms with Gasteiger partial charge in [-0.1, -0.05) is 18.2 Å². The lowest BCUT2D eigenvalue weighted by molar-refractivity contribution is -0.123. The van der Waals surface area contributed by atoms with E-state index >= 15 is 0 Å². The summed E-state index contributed by atoms with van der Waals surface area (Å²) in [7, 11) is 0. The van der Waals surface area contributed by atoms with Crippen molar-refractivity contribution in [3.8, 4) is 23.0 Å². The fraction of sp³-hybridized carbons (Fsp3) is 0.458. The first-order valence-corrected chi connectivity index (χ1v) is 10.5. The molecule has 0 aromatic heterocycles. The maximum absolute atomic E-state index is 12.2. The summed E-state index contributed by atoms with van der Waals surface area (Å²) in [5.74, 6) is 2.66. The number of amides is 1. The SMILES string of the molecule is CCOc1ccc(CCNC(=O)COc2cccc3c2OC(C)(C)C3)cc1OCC. The van der Waals surface area contributed by atoms with E-state index in [1.807, 2.05) is 64.1 Å². The summed E-state index contributed by atoms with van der Waals surface area (Å²) >= 11 is 0. The van der Waals surface area contributed by atoms with E-state index in [2.05, 4.69) is 5.32 Å².